The van der Waals surface area contributed by atoms with E-state index in [0.29, 0.717) is 17.3 Å². The van der Waals surface area contributed by atoms with E-state index >= 15 is 0 Å². The molecule has 18 heavy (non-hydrogen) atoms. The van der Waals surface area contributed by atoms with Gasteiger partial charge in [-0.3, -0.25) is 0 Å². The molecule has 0 unspecified atom stereocenters. The van der Waals surface area contributed by atoms with Gasteiger partial charge in [-0.2, -0.15) is 5.10 Å². The molecule has 5 heteroatoms. The van der Waals surface area contributed by atoms with Gasteiger partial charge < -0.3 is 10.8 Å². The van der Waals surface area contributed by atoms with E-state index in [2.05, 4.69) is 5.10 Å². The van der Waals surface area contributed by atoms with Crippen molar-refractivity contribution in [3.63, 3.8) is 0 Å². The number of benzene rings is 1. The van der Waals surface area contributed by atoms with Crippen molar-refractivity contribution in [3.05, 3.63) is 46.7 Å². The highest BCUT2D eigenvalue weighted by Gasteiger charge is 2.20. The van der Waals surface area contributed by atoms with Crippen LogP contribution in [-0.4, -0.2) is 14.9 Å². The van der Waals surface area contributed by atoms with Gasteiger partial charge in [0.25, 0.3) is 0 Å². The zero-order valence-electron chi connectivity index (χ0n) is 10.4. The minimum atomic E-state index is -0.966. The molecule has 2 rings (SSSR count). The number of rotatable bonds is 3. The van der Waals surface area contributed by atoms with Gasteiger partial charge in [-0.05, 0) is 32.0 Å². The van der Waals surface area contributed by atoms with Crippen LogP contribution in [0.4, 0.5) is 0 Å². The largest absolute Gasteiger partial charge is 0.384 e. The molecule has 0 saturated carbocycles. The average molecular weight is 266 g/mol. The summed E-state index contributed by atoms with van der Waals surface area (Å²) in [5.74, 6) is 0. The zero-order chi connectivity index (χ0) is 13.3. The summed E-state index contributed by atoms with van der Waals surface area (Å²) in [6, 6.07) is 7.33. The van der Waals surface area contributed by atoms with Gasteiger partial charge in [0.05, 0.1) is 11.4 Å². The molecule has 0 aliphatic heterocycles. The van der Waals surface area contributed by atoms with Gasteiger partial charge >= 0.3 is 0 Å². The molecule has 2 aromatic rings. The maximum atomic E-state index is 9.90. The van der Waals surface area contributed by atoms with Crippen LogP contribution < -0.4 is 5.73 Å². The molecule has 4 nitrogen and oxygen atoms in total. The fraction of sp³-hybridized carbons (Fsp3) is 0.308. The number of nitrogens with zero attached hydrogens (tertiary/aromatic N) is 2. The van der Waals surface area contributed by atoms with E-state index in [9.17, 15) is 5.11 Å². The summed E-state index contributed by atoms with van der Waals surface area (Å²) in [5, 5.41) is 14.9. The van der Waals surface area contributed by atoms with Gasteiger partial charge in [0.1, 0.15) is 5.60 Å². The SMILES string of the molecule is CC(C)(O)c1ccn(-c2cccc(Cl)c2CN)n1. The fourth-order valence-corrected chi connectivity index (χ4v) is 2.00. The van der Waals surface area contributed by atoms with Crippen molar-refractivity contribution in [1.82, 2.24) is 9.78 Å². The van der Waals surface area contributed by atoms with Crippen LogP contribution in [0, 0.1) is 0 Å². The number of aromatic nitrogens is 2. The molecule has 3 N–H and O–H groups in total. The van der Waals surface area contributed by atoms with Gasteiger partial charge in [-0.1, -0.05) is 17.7 Å². The first kappa shape index (κ1) is 13.1. The van der Waals surface area contributed by atoms with Crippen LogP contribution in [0.5, 0.6) is 0 Å². The minimum absolute atomic E-state index is 0.340. The van der Waals surface area contributed by atoms with Gasteiger partial charge in [-0.15, -0.1) is 0 Å². The molecule has 0 radical (unpaired) electrons. The topological polar surface area (TPSA) is 64.1 Å². The van der Waals surface area contributed by atoms with Crippen LogP contribution in [0.2, 0.25) is 5.02 Å². The fourth-order valence-electron chi connectivity index (χ4n) is 1.75. The first-order valence-corrected chi connectivity index (χ1v) is 6.07. The Kier molecular flexibility index (Phi) is 3.43. The molecular formula is C13H16ClN3O. The Balaban J connectivity index is 2.50. The lowest BCUT2D eigenvalue weighted by Gasteiger charge is -2.14. The highest BCUT2D eigenvalue weighted by molar-refractivity contribution is 6.31. The number of hydrogen-bond donors (Lipinski definition) is 2. The van der Waals surface area contributed by atoms with Crippen LogP contribution >= 0.6 is 11.6 Å². The summed E-state index contributed by atoms with van der Waals surface area (Å²) in [5.41, 5.74) is 7.01. The molecule has 0 saturated heterocycles. The van der Waals surface area contributed by atoms with Gasteiger partial charge in [0.15, 0.2) is 0 Å². The summed E-state index contributed by atoms with van der Waals surface area (Å²) >= 11 is 6.11. The van der Waals surface area contributed by atoms with E-state index < -0.39 is 5.60 Å². The van der Waals surface area contributed by atoms with Crippen LogP contribution in [0.1, 0.15) is 25.1 Å². The lowest BCUT2D eigenvalue weighted by Crippen LogP contribution is -2.17. The van der Waals surface area contributed by atoms with Gasteiger partial charge in [0.2, 0.25) is 0 Å². The molecule has 0 aliphatic carbocycles. The molecule has 0 aliphatic rings. The van der Waals surface area contributed by atoms with Crippen molar-refractivity contribution in [1.29, 1.82) is 0 Å². The second-order valence-electron chi connectivity index (χ2n) is 4.65. The van der Waals surface area contributed by atoms with E-state index in [1.807, 2.05) is 12.1 Å². The highest BCUT2D eigenvalue weighted by atomic mass is 35.5. The third-order valence-corrected chi connectivity index (χ3v) is 3.12. The molecule has 96 valence electrons. The number of nitrogens with two attached hydrogens (primary N) is 1. The zero-order valence-corrected chi connectivity index (χ0v) is 11.1. The molecule has 0 fully saturated rings. The predicted octanol–water partition coefficient (Wildman–Crippen LogP) is 2.21. The number of hydrogen-bond acceptors (Lipinski definition) is 3. The Labute approximate surface area is 111 Å². The molecule has 1 aromatic carbocycles. The molecule has 1 heterocycles. The maximum Gasteiger partial charge on any atom is 0.103 e. The van der Waals surface area contributed by atoms with Crippen LogP contribution in [0.15, 0.2) is 30.5 Å². The first-order valence-electron chi connectivity index (χ1n) is 5.70. The third-order valence-electron chi connectivity index (χ3n) is 2.76. The Morgan fingerprint density at radius 1 is 1.39 bits per heavy atom. The lowest BCUT2D eigenvalue weighted by molar-refractivity contribution is 0.0734. The van der Waals surface area contributed by atoms with Gasteiger partial charge in [-0.25, -0.2) is 4.68 Å². The van der Waals surface area contributed by atoms with Crippen molar-refractivity contribution in [3.8, 4) is 5.69 Å². The van der Waals surface area contributed by atoms with Gasteiger partial charge in [0, 0.05) is 23.3 Å². The van der Waals surface area contributed by atoms with Crippen LogP contribution in [0.3, 0.4) is 0 Å². The predicted molar refractivity (Wildman–Crippen MR) is 71.7 cm³/mol. The van der Waals surface area contributed by atoms with Crippen molar-refractivity contribution >= 4 is 11.6 Å². The molecule has 0 bridgehead atoms. The van der Waals surface area contributed by atoms with Crippen molar-refractivity contribution < 1.29 is 5.11 Å². The van der Waals surface area contributed by atoms with Crippen LogP contribution in [0.25, 0.3) is 5.69 Å². The average Bonchev–Trinajstić information content (AvgIpc) is 2.77. The number of halogens is 1. The highest BCUT2D eigenvalue weighted by Crippen LogP contribution is 2.24. The quantitative estimate of drug-likeness (QED) is 0.894. The lowest BCUT2D eigenvalue weighted by atomic mass is 10.1. The summed E-state index contributed by atoms with van der Waals surface area (Å²) < 4.78 is 1.68. The van der Waals surface area contributed by atoms with E-state index in [0.717, 1.165) is 11.3 Å². The first-order chi connectivity index (χ1) is 8.43. The molecule has 0 spiro atoms. The Morgan fingerprint density at radius 3 is 2.67 bits per heavy atom. The molecular weight excluding hydrogens is 250 g/mol. The van der Waals surface area contributed by atoms with E-state index in [-0.39, 0.29) is 0 Å². The van der Waals surface area contributed by atoms with Crippen LogP contribution in [-0.2, 0) is 12.1 Å². The molecule has 0 atom stereocenters. The van der Waals surface area contributed by atoms with Crippen molar-refractivity contribution in [2.45, 2.75) is 26.0 Å². The third kappa shape index (κ3) is 2.41. The Hall–Kier alpha value is -1.36. The maximum absolute atomic E-state index is 9.90. The standard InChI is InChI=1S/C13H16ClN3O/c1-13(2,18)12-6-7-17(16-12)11-5-3-4-10(14)9(11)8-15/h3-7,18H,8,15H2,1-2H3. The summed E-state index contributed by atoms with van der Waals surface area (Å²) in [4.78, 5) is 0. The summed E-state index contributed by atoms with van der Waals surface area (Å²) in [7, 11) is 0. The minimum Gasteiger partial charge on any atom is -0.384 e. The van der Waals surface area contributed by atoms with E-state index in [1.165, 1.54) is 0 Å². The normalized spacial score (nSPS) is 11.8. The summed E-state index contributed by atoms with van der Waals surface area (Å²) in [6.07, 6.45) is 1.79. The summed E-state index contributed by atoms with van der Waals surface area (Å²) in [6.45, 7) is 3.73. The van der Waals surface area contributed by atoms with Crippen molar-refractivity contribution in [2.24, 2.45) is 5.73 Å². The van der Waals surface area contributed by atoms with Crippen molar-refractivity contribution in [2.75, 3.05) is 0 Å². The molecule has 0 amide bonds. The Bertz CT molecular complexity index is 558. The second-order valence-corrected chi connectivity index (χ2v) is 5.05. The molecule has 1 aromatic heterocycles. The number of aliphatic hydroxyl groups is 1. The van der Waals surface area contributed by atoms with E-state index in [4.69, 9.17) is 17.3 Å². The monoisotopic (exact) mass is 265 g/mol. The van der Waals surface area contributed by atoms with E-state index in [1.54, 1.807) is 36.9 Å². The second kappa shape index (κ2) is 4.72. The smallest absolute Gasteiger partial charge is 0.103 e. The Morgan fingerprint density at radius 2 is 2.11 bits per heavy atom.